The number of carbonyl (C=O) groups excluding carboxylic acids is 1. The molecule has 0 saturated carbocycles. The van der Waals surface area contributed by atoms with Gasteiger partial charge in [-0.05, 0) is 36.2 Å². The molecule has 1 amide bonds. The third-order valence-corrected chi connectivity index (χ3v) is 4.23. The number of nitrogens with one attached hydrogen (secondary N) is 2. The fourth-order valence-electron chi connectivity index (χ4n) is 2.03. The Morgan fingerprint density at radius 3 is 2.68 bits per heavy atom. The fourth-order valence-corrected chi connectivity index (χ4v) is 2.77. The van der Waals surface area contributed by atoms with Crippen molar-refractivity contribution in [1.82, 2.24) is 9.69 Å². The van der Waals surface area contributed by atoms with Gasteiger partial charge in [0.05, 0.1) is 24.5 Å². The maximum absolute atomic E-state index is 12.2. The van der Waals surface area contributed by atoms with Crippen molar-refractivity contribution in [1.29, 1.82) is 0 Å². The van der Waals surface area contributed by atoms with Crippen molar-refractivity contribution in [2.75, 3.05) is 26.0 Å². The molecule has 0 radical (unpaired) electrons. The molecule has 22 heavy (non-hydrogen) atoms. The molecular weight excluding hydrogens is 302 g/mol. The molecule has 0 unspecified atom stereocenters. The Balaban J connectivity index is 1.99. The third kappa shape index (κ3) is 3.55. The summed E-state index contributed by atoms with van der Waals surface area (Å²) in [6.07, 6.45) is -0.778. The van der Waals surface area contributed by atoms with Crippen molar-refractivity contribution >= 4 is 22.4 Å². The standard InChI is InChI=1S/C15H19N3O3S/c1-9-13(15(16-2)22-18-9)14(20)17-8-12(19)10-4-6-11(21-3)7-5-10/h4-7,12,16,19H,8H2,1-3H3,(H,17,20)/t12-/m0/s1. The van der Waals surface area contributed by atoms with Crippen LogP contribution in [0.1, 0.15) is 27.7 Å². The van der Waals surface area contributed by atoms with Crippen molar-refractivity contribution < 1.29 is 14.6 Å². The van der Waals surface area contributed by atoms with E-state index in [1.165, 1.54) is 11.5 Å². The van der Waals surface area contributed by atoms with E-state index in [1.807, 2.05) is 0 Å². The number of methoxy groups -OCH3 is 1. The molecule has 0 aliphatic heterocycles. The molecule has 1 heterocycles. The van der Waals surface area contributed by atoms with Gasteiger partial charge in [-0.25, -0.2) is 0 Å². The number of aliphatic hydroxyl groups is 1. The number of aromatic nitrogens is 1. The van der Waals surface area contributed by atoms with E-state index < -0.39 is 6.10 Å². The van der Waals surface area contributed by atoms with Crippen LogP contribution in [-0.2, 0) is 0 Å². The van der Waals surface area contributed by atoms with Gasteiger partial charge in [-0.2, -0.15) is 4.37 Å². The molecule has 1 aromatic carbocycles. The largest absolute Gasteiger partial charge is 0.497 e. The highest BCUT2D eigenvalue weighted by atomic mass is 32.1. The Morgan fingerprint density at radius 2 is 2.09 bits per heavy atom. The van der Waals surface area contributed by atoms with Gasteiger partial charge in [0.15, 0.2) is 0 Å². The van der Waals surface area contributed by atoms with Crippen LogP contribution in [0.3, 0.4) is 0 Å². The van der Waals surface area contributed by atoms with E-state index in [-0.39, 0.29) is 12.5 Å². The van der Waals surface area contributed by atoms with Gasteiger partial charge >= 0.3 is 0 Å². The number of benzene rings is 1. The first kappa shape index (κ1) is 16.3. The lowest BCUT2D eigenvalue weighted by molar-refractivity contribution is 0.0916. The molecule has 3 N–H and O–H groups in total. The minimum Gasteiger partial charge on any atom is -0.497 e. The molecule has 0 aliphatic carbocycles. The minimum absolute atomic E-state index is 0.129. The summed E-state index contributed by atoms with van der Waals surface area (Å²) in [5.74, 6) is 0.474. The molecule has 1 atom stereocenters. The number of anilines is 1. The van der Waals surface area contributed by atoms with Gasteiger partial charge in [-0.1, -0.05) is 12.1 Å². The van der Waals surface area contributed by atoms with Crippen LogP contribution in [0.4, 0.5) is 5.00 Å². The first-order valence-corrected chi connectivity index (χ1v) is 7.58. The number of amides is 1. The van der Waals surface area contributed by atoms with Crippen LogP contribution in [0.25, 0.3) is 0 Å². The predicted octanol–water partition coefficient (Wildman–Crippen LogP) is 1.97. The molecule has 1 aromatic heterocycles. The molecule has 2 aromatic rings. The van der Waals surface area contributed by atoms with E-state index in [0.717, 1.165) is 11.3 Å². The summed E-state index contributed by atoms with van der Waals surface area (Å²) in [4.78, 5) is 12.2. The van der Waals surface area contributed by atoms with E-state index in [1.54, 1.807) is 45.3 Å². The van der Waals surface area contributed by atoms with Crippen molar-refractivity contribution in [3.63, 3.8) is 0 Å². The predicted molar refractivity (Wildman–Crippen MR) is 86.7 cm³/mol. The molecule has 0 aliphatic rings. The Kier molecular flexibility index (Phi) is 5.35. The molecule has 6 nitrogen and oxygen atoms in total. The number of hydrogen-bond acceptors (Lipinski definition) is 6. The van der Waals surface area contributed by atoms with Crippen LogP contribution in [0.5, 0.6) is 5.75 Å². The summed E-state index contributed by atoms with van der Waals surface area (Å²) in [5.41, 5.74) is 1.91. The van der Waals surface area contributed by atoms with Gasteiger partial charge in [-0.3, -0.25) is 4.79 Å². The van der Waals surface area contributed by atoms with E-state index in [0.29, 0.717) is 16.3 Å². The average Bonchev–Trinajstić information content (AvgIpc) is 2.93. The number of hydrogen-bond donors (Lipinski definition) is 3. The SMILES string of the molecule is CNc1snc(C)c1C(=O)NC[C@H](O)c1ccc(OC)cc1. The van der Waals surface area contributed by atoms with Gasteiger partial charge in [0.1, 0.15) is 10.8 Å². The summed E-state index contributed by atoms with van der Waals surface area (Å²) < 4.78 is 9.23. The average molecular weight is 321 g/mol. The van der Waals surface area contributed by atoms with Gasteiger partial charge in [0.25, 0.3) is 5.91 Å². The third-order valence-electron chi connectivity index (χ3n) is 3.27. The highest BCUT2D eigenvalue weighted by Crippen LogP contribution is 2.24. The van der Waals surface area contributed by atoms with E-state index >= 15 is 0 Å². The van der Waals surface area contributed by atoms with Crippen molar-refractivity contribution in [3.05, 3.63) is 41.1 Å². The van der Waals surface area contributed by atoms with Crippen molar-refractivity contribution in [2.24, 2.45) is 0 Å². The summed E-state index contributed by atoms with van der Waals surface area (Å²) >= 11 is 1.24. The summed E-state index contributed by atoms with van der Waals surface area (Å²) in [7, 11) is 3.33. The molecule has 0 bridgehead atoms. The Bertz CT molecular complexity index is 640. The monoisotopic (exact) mass is 321 g/mol. The maximum Gasteiger partial charge on any atom is 0.256 e. The first-order chi connectivity index (χ1) is 10.6. The van der Waals surface area contributed by atoms with Crippen molar-refractivity contribution in [3.8, 4) is 5.75 Å². The van der Waals surface area contributed by atoms with Crippen molar-refractivity contribution in [2.45, 2.75) is 13.0 Å². The molecular formula is C15H19N3O3S. The lowest BCUT2D eigenvalue weighted by Crippen LogP contribution is -2.29. The minimum atomic E-state index is -0.778. The molecule has 0 fully saturated rings. The molecule has 7 heteroatoms. The Labute approximate surface area is 133 Å². The van der Waals surface area contributed by atoms with Crippen LogP contribution in [-0.4, -0.2) is 36.1 Å². The van der Waals surface area contributed by atoms with Crippen LogP contribution >= 0.6 is 11.5 Å². The Morgan fingerprint density at radius 1 is 1.41 bits per heavy atom. The molecule has 0 spiro atoms. The number of aryl methyl sites for hydroxylation is 1. The van der Waals surface area contributed by atoms with Crippen LogP contribution in [0.15, 0.2) is 24.3 Å². The van der Waals surface area contributed by atoms with Crippen LogP contribution < -0.4 is 15.4 Å². The zero-order valence-electron chi connectivity index (χ0n) is 12.7. The van der Waals surface area contributed by atoms with E-state index in [2.05, 4.69) is 15.0 Å². The topological polar surface area (TPSA) is 83.5 Å². The maximum atomic E-state index is 12.2. The Hall–Kier alpha value is -2.12. The number of ether oxygens (including phenoxy) is 1. The smallest absolute Gasteiger partial charge is 0.256 e. The first-order valence-electron chi connectivity index (χ1n) is 6.81. The summed E-state index contributed by atoms with van der Waals surface area (Å²) in [6, 6.07) is 7.08. The number of aliphatic hydroxyl groups excluding tert-OH is 1. The second-order valence-electron chi connectivity index (χ2n) is 4.72. The second-order valence-corrected chi connectivity index (χ2v) is 5.49. The van der Waals surface area contributed by atoms with Gasteiger partial charge in [-0.15, -0.1) is 0 Å². The number of carbonyl (C=O) groups is 1. The van der Waals surface area contributed by atoms with Crippen LogP contribution in [0.2, 0.25) is 0 Å². The zero-order valence-corrected chi connectivity index (χ0v) is 13.5. The van der Waals surface area contributed by atoms with Gasteiger partial charge in [0.2, 0.25) is 0 Å². The highest BCUT2D eigenvalue weighted by Gasteiger charge is 2.18. The number of nitrogens with zero attached hydrogens (tertiary/aromatic N) is 1. The molecule has 0 saturated heterocycles. The number of rotatable bonds is 6. The zero-order chi connectivity index (χ0) is 16.1. The molecule has 118 valence electrons. The quantitative estimate of drug-likeness (QED) is 0.757. The lowest BCUT2D eigenvalue weighted by Gasteiger charge is -2.13. The van der Waals surface area contributed by atoms with E-state index in [4.69, 9.17) is 4.74 Å². The molecule has 2 rings (SSSR count). The second kappa shape index (κ2) is 7.24. The lowest BCUT2D eigenvalue weighted by atomic mass is 10.1. The normalized spacial score (nSPS) is 11.8. The summed E-state index contributed by atoms with van der Waals surface area (Å²) in [5, 5.41) is 16.5. The van der Waals surface area contributed by atoms with Crippen LogP contribution in [0, 0.1) is 6.92 Å². The fraction of sp³-hybridized carbons (Fsp3) is 0.333. The van der Waals surface area contributed by atoms with Gasteiger partial charge < -0.3 is 20.5 Å². The summed E-state index contributed by atoms with van der Waals surface area (Å²) in [6.45, 7) is 1.91. The van der Waals surface area contributed by atoms with Gasteiger partial charge in [0, 0.05) is 13.6 Å². The van der Waals surface area contributed by atoms with E-state index in [9.17, 15) is 9.90 Å². The highest BCUT2D eigenvalue weighted by molar-refractivity contribution is 7.10.